The second kappa shape index (κ2) is 3.51. The SMILES string of the molecule is CCc1c([N+](=O)[O-])nnn1C(C)C. The number of nitro groups is 1. The van der Waals surface area contributed by atoms with Crippen LogP contribution in [0.4, 0.5) is 5.82 Å². The summed E-state index contributed by atoms with van der Waals surface area (Å²) >= 11 is 0. The van der Waals surface area contributed by atoms with Crippen LogP contribution in [-0.2, 0) is 6.42 Å². The lowest BCUT2D eigenvalue weighted by atomic mass is 10.3. The summed E-state index contributed by atoms with van der Waals surface area (Å²) < 4.78 is 1.58. The van der Waals surface area contributed by atoms with Gasteiger partial charge in [0.25, 0.3) is 0 Å². The smallest absolute Gasteiger partial charge is 0.358 e. The van der Waals surface area contributed by atoms with Gasteiger partial charge in [-0.2, -0.15) is 0 Å². The minimum atomic E-state index is -0.495. The first-order valence-electron chi connectivity index (χ1n) is 4.16. The van der Waals surface area contributed by atoms with Crippen molar-refractivity contribution < 1.29 is 4.92 Å². The molecule has 1 rings (SSSR count). The molecule has 0 unspecified atom stereocenters. The van der Waals surface area contributed by atoms with E-state index in [0.717, 1.165) is 0 Å². The van der Waals surface area contributed by atoms with Gasteiger partial charge in [-0.05, 0) is 25.2 Å². The maximum atomic E-state index is 10.5. The van der Waals surface area contributed by atoms with E-state index in [1.807, 2.05) is 20.8 Å². The Morgan fingerprint density at radius 1 is 1.62 bits per heavy atom. The van der Waals surface area contributed by atoms with Crippen molar-refractivity contribution in [2.24, 2.45) is 0 Å². The molecule has 6 nitrogen and oxygen atoms in total. The fourth-order valence-electron chi connectivity index (χ4n) is 1.18. The van der Waals surface area contributed by atoms with Crippen molar-refractivity contribution in [2.45, 2.75) is 33.2 Å². The first-order valence-corrected chi connectivity index (χ1v) is 4.16. The highest BCUT2D eigenvalue weighted by molar-refractivity contribution is 5.24. The fraction of sp³-hybridized carbons (Fsp3) is 0.714. The molecular formula is C7H12N4O2. The van der Waals surface area contributed by atoms with Gasteiger partial charge in [-0.15, -0.1) is 0 Å². The Morgan fingerprint density at radius 3 is 2.62 bits per heavy atom. The zero-order chi connectivity index (χ0) is 10.0. The van der Waals surface area contributed by atoms with Crippen molar-refractivity contribution >= 4 is 5.82 Å². The quantitative estimate of drug-likeness (QED) is 0.524. The predicted octanol–water partition coefficient (Wildman–Crippen LogP) is 1.33. The Balaban J connectivity index is 3.18. The van der Waals surface area contributed by atoms with Gasteiger partial charge in [0, 0.05) is 0 Å². The van der Waals surface area contributed by atoms with Gasteiger partial charge < -0.3 is 10.1 Å². The molecule has 1 aromatic rings. The molecule has 6 heteroatoms. The van der Waals surface area contributed by atoms with Crippen LogP contribution in [0, 0.1) is 10.1 Å². The normalized spacial score (nSPS) is 10.8. The van der Waals surface area contributed by atoms with E-state index in [1.54, 1.807) is 4.68 Å². The number of nitrogens with zero attached hydrogens (tertiary/aromatic N) is 4. The first kappa shape index (κ1) is 9.63. The van der Waals surface area contributed by atoms with E-state index >= 15 is 0 Å². The molecule has 0 radical (unpaired) electrons. The van der Waals surface area contributed by atoms with Crippen molar-refractivity contribution in [1.82, 2.24) is 15.0 Å². The Labute approximate surface area is 75.7 Å². The third-order valence-corrected chi connectivity index (χ3v) is 1.77. The summed E-state index contributed by atoms with van der Waals surface area (Å²) in [6.45, 7) is 5.68. The Hall–Kier alpha value is -1.46. The fourth-order valence-corrected chi connectivity index (χ4v) is 1.18. The number of rotatable bonds is 3. The van der Waals surface area contributed by atoms with E-state index in [-0.39, 0.29) is 11.9 Å². The van der Waals surface area contributed by atoms with E-state index in [2.05, 4.69) is 10.3 Å². The molecular weight excluding hydrogens is 172 g/mol. The molecule has 0 amide bonds. The van der Waals surface area contributed by atoms with E-state index in [0.29, 0.717) is 12.1 Å². The predicted molar refractivity (Wildman–Crippen MR) is 46.4 cm³/mol. The van der Waals surface area contributed by atoms with Crippen LogP contribution in [-0.4, -0.2) is 19.9 Å². The lowest BCUT2D eigenvalue weighted by Gasteiger charge is -2.04. The van der Waals surface area contributed by atoms with Crippen molar-refractivity contribution in [3.8, 4) is 0 Å². The van der Waals surface area contributed by atoms with E-state index in [9.17, 15) is 10.1 Å². The Bertz CT molecular complexity index is 318. The maximum absolute atomic E-state index is 10.5. The summed E-state index contributed by atoms with van der Waals surface area (Å²) in [6.07, 6.45) is 0.571. The summed E-state index contributed by atoms with van der Waals surface area (Å²) in [6, 6.07) is 0.108. The summed E-state index contributed by atoms with van der Waals surface area (Å²) in [5.74, 6) is -0.129. The van der Waals surface area contributed by atoms with Gasteiger partial charge in [-0.1, -0.05) is 6.92 Å². The molecule has 0 aromatic carbocycles. The minimum Gasteiger partial charge on any atom is -0.358 e. The minimum absolute atomic E-state index is 0.108. The van der Waals surface area contributed by atoms with E-state index in [4.69, 9.17) is 0 Å². The number of aromatic nitrogens is 3. The van der Waals surface area contributed by atoms with Crippen LogP contribution in [0.3, 0.4) is 0 Å². The van der Waals surface area contributed by atoms with Gasteiger partial charge in [0.2, 0.25) is 0 Å². The van der Waals surface area contributed by atoms with Crippen LogP contribution in [0.5, 0.6) is 0 Å². The van der Waals surface area contributed by atoms with Crippen molar-refractivity contribution in [3.05, 3.63) is 15.8 Å². The standard InChI is InChI=1S/C7H12N4O2/c1-4-6-7(11(12)13)8-9-10(6)5(2)3/h5H,4H2,1-3H3. The van der Waals surface area contributed by atoms with Crippen molar-refractivity contribution in [2.75, 3.05) is 0 Å². The lowest BCUT2D eigenvalue weighted by Crippen LogP contribution is -2.07. The van der Waals surface area contributed by atoms with Crippen LogP contribution in [0.25, 0.3) is 0 Å². The van der Waals surface area contributed by atoms with Gasteiger partial charge in [0.1, 0.15) is 10.8 Å². The molecule has 0 aliphatic heterocycles. The highest BCUT2D eigenvalue weighted by Crippen LogP contribution is 2.18. The van der Waals surface area contributed by atoms with E-state index in [1.165, 1.54) is 0 Å². The Morgan fingerprint density at radius 2 is 2.23 bits per heavy atom. The largest absolute Gasteiger partial charge is 0.413 e. The third kappa shape index (κ3) is 1.66. The molecule has 0 bridgehead atoms. The molecule has 0 aliphatic carbocycles. The zero-order valence-electron chi connectivity index (χ0n) is 7.89. The molecule has 1 heterocycles. The molecule has 0 atom stereocenters. The van der Waals surface area contributed by atoms with Crippen LogP contribution >= 0.6 is 0 Å². The average molecular weight is 184 g/mol. The molecule has 13 heavy (non-hydrogen) atoms. The summed E-state index contributed by atoms with van der Waals surface area (Å²) in [5, 5.41) is 17.8. The molecule has 0 spiro atoms. The molecule has 72 valence electrons. The molecule has 0 N–H and O–H groups in total. The first-order chi connectivity index (χ1) is 6.07. The average Bonchev–Trinajstić information content (AvgIpc) is 2.46. The molecule has 0 aliphatic rings. The lowest BCUT2D eigenvalue weighted by molar-refractivity contribution is -0.390. The number of hydrogen-bond acceptors (Lipinski definition) is 4. The topological polar surface area (TPSA) is 73.8 Å². The monoisotopic (exact) mass is 184 g/mol. The molecule has 1 aromatic heterocycles. The molecule has 0 saturated carbocycles. The second-order valence-electron chi connectivity index (χ2n) is 3.01. The van der Waals surface area contributed by atoms with E-state index < -0.39 is 4.92 Å². The van der Waals surface area contributed by atoms with Crippen LogP contribution in [0.2, 0.25) is 0 Å². The van der Waals surface area contributed by atoms with Crippen molar-refractivity contribution in [3.63, 3.8) is 0 Å². The third-order valence-electron chi connectivity index (χ3n) is 1.77. The summed E-state index contributed by atoms with van der Waals surface area (Å²) in [4.78, 5) is 10.0. The zero-order valence-corrected chi connectivity index (χ0v) is 7.89. The molecule has 0 saturated heterocycles. The Kier molecular flexibility index (Phi) is 2.60. The van der Waals surface area contributed by atoms with Gasteiger partial charge in [0.05, 0.1) is 11.3 Å². The van der Waals surface area contributed by atoms with Gasteiger partial charge in [-0.3, -0.25) is 0 Å². The van der Waals surface area contributed by atoms with Gasteiger partial charge in [-0.25, -0.2) is 4.68 Å². The van der Waals surface area contributed by atoms with Crippen LogP contribution in [0.15, 0.2) is 0 Å². The van der Waals surface area contributed by atoms with Crippen molar-refractivity contribution in [1.29, 1.82) is 0 Å². The van der Waals surface area contributed by atoms with Crippen LogP contribution < -0.4 is 0 Å². The second-order valence-corrected chi connectivity index (χ2v) is 3.01. The summed E-state index contributed by atoms with van der Waals surface area (Å²) in [7, 11) is 0. The van der Waals surface area contributed by atoms with Gasteiger partial charge >= 0.3 is 5.82 Å². The number of hydrogen-bond donors (Lipinski definition) is 0. The van der Waals surface area contributed by atoms with Gasteiger partial charge in [0.15, 0.2) is 0 Å². The summed E-state index contributed by atoms with van der Waals surface area (Å²) in [5.41, 5.74) is 0.583. The highest BCUT2D eigenvalue weighted by atomic mass is 16.6. The highest BCUT2D eigenvalue weighted by Gasteiger charge is 2.22. The maximum Gasteiger partial charge on any atom is 0.413 e. The molecule has 0 fully saturated rings. The van der Waals surface area contributed by atoms with Crippen LogP contribution in [0.1, 0.15) is 32.5 Å².